The fourth-order valence-corrected chi connectivity index (χ4v) is 3.36. The van der Waals surface area contributed by atoms with Crippen molar-refractivity contribution in [2.24, 2.45) is 7.05 Å². The van der Waals surface area contributed by atoms with Crippen LogP contribution in [0.2, 0.25) is 0 Å². The van der Waals surface area contributed by atoms with Crippen LogP contribution in [0.3, 0.4) is 0 Å². The van der Waals surface area contributed by atoms with Crippen LogP contribution in [-0.4, -0.2) is 28.5 Å². The summed E-state index contributed by atoms with van der Waals surface area (Å²) in [5.41, 5.74) is 3.15. The minimum absolute atomic E-state index is 0.221. The Morgan fingerprint density at radius 2 is 1.84 bits per heavy atom. The summed E-state index contributed by atoms with van der Waals surface area (Å²) in [6, 6.07) is 18.2. The maximum Gasteiger partial charge on any atom is 0.255 e. The number of hydrogen-bond donors (Lipinski definition) is 2. The molecule has 2 amide bonds. The Balaban J connectivity index is 1.55. The number of aryl methyl sites for hydroxylation is 1. The number of nitrogens with zero attached hydrogens (tertiary/aromatic N) is 2. The molecular weight excluding hydrogens is 392 g/mol. The van der Waals surface area contributed by atoms with Crippen molar-refractivity contribution in [2.75, 3.05) is 12.4 Å². The lowest BCUT2D eigenvalue weighted by Gasteiger charge is -2.07. The minimum Gasteiger partial charge on any atom is -0.497 e. The van der Waals surface area contributed by atoms with E-state index < -0.39 is 0 Å². The van der Waals surface area contributed by atoms with Crippen LogP contribution < -0.4 is 15.4 Å². The topological polar surface area (TPSA) is 85.2 Å². The smallest absolute Gasteiger partial charge is 0.255 e. The molecule has 2 aromatic carbocycles. The van der Waals surface area contributed by atoms with Crippen molar-refractivity contribution in [1.82, 2.24) is 14.9 Å². The highest BCUT2D eigenvalue weighted by Gasteiger charge is 2.16. The highest BCUT2D eigenvalue weighted by atomic mass is 16.5. The number of pyridine rings is 1. The number of carbonyl (C=O) groups is 2. The molecule has 156 valence electrons. The molecule has 0 atom stereocenters. The van der Waals surface area contributed by atoms with Crippen molar-refractivity contribution in [3.05, 3.63) is 89.7 Å². The van der Waals surface area contributed by atoms with Gasteiger partial charge >= 0.3 is 0 Å². The van der Waals surface area contributed by atoms with Crippen LogP contribution in [0.4, 0.5) is 5.69 Å². The van der Waals surface area contributed by atoms with E-state index in [0.29, 0.717) is 34.4 Å². The number of benzene rings is 2. The van der Waals surface area contributed by atoms with Crippen LogP contribution >= 0.6 is 0 Å². The second-order valence-electron chi connectivity index (χ2n) is 7.10. The van der Waals surface area contributed by atoms with Crippen LogP contribution in [0.15, 0.2) is 73.1 Å². The zero-order valence-electron chi connectivity index (χ0n) is 17.3. The normalized spacial score (nSPS) is 10.6. The number of rotatable bonds is 6. The summed E-state index contributed by atoms with van der Waals surface area (Å²) in [5.74, 6) is 0.281. The third-order valence-electron chi connectivity index (χ3n) is 4.94. The molecule has 4 rings (SSSR count). The number of fused-ring (bicyclic) bond motifs is 1. The molecule has 7 nitrogen and oxygen atoms in total. The molecule has 0 spiro atoms. The van der Waals surface area contributed by atoms with E-state index in [1.807, 2.05) is 37.4 Å². The van der Waals surface area contributed by atoms with E-state index in [2.05, 4.69) is 15.6 Å². The van der Waals surface area contributed by atoms with Crippen LogP contribution in [-0.2, 0) is 13.6 Å². The quantitative estimate of drug-likeness (QED) is 0.503. The Morgan fingerprint density at radius 3 is 2.61 bits per heavy atom. The molecule has 0 bridgehead atoms. The Bertz CT molecular complexity index is 1250. The fraction of sp³-hybridized carbons (Fsp3) is 0.125. The van der Waals surface area contributed by atoms with E-state index in [9.17, 15) is 9.59 Å². The van der Waals surface area contributed by atoms with E-state index in [0.717, 1.165) is 11.3 Å². The standard InChI is InChI=1S/C24H22N4O3/c1-28-15-21(24(30)26-13-16-7-6-10-19(11-16)31-2)20-12-18(14-25-22(20)28)27-23(29)17-8-4-3-5-9-17/h3-12,14-15H,13H2,1-2H3,(H,26,30)(H,27,29). The predicted octanol–water partition coefficient (Wildman–Crippen LogP) is 3.76. The molecule has 0 fully saturated rings. The van der Waals surface area contributed by atoms with Gasteiger partial charge in [-0.05, 0) is 35.9 Å². The van der Waals surface area contributed by atoms with Gasteiger partial charge in [-0.25, -0.2) is 4.98 Å². The molecule has 4 aromatic rings. The summed E-state index contributed by atoms with van der Waals surface area (Å²) < 4.78 is 7.02. The predicted molar refractivity (Wildman–Crippen MR) is 119 cm³/mol. The lowest BCUT2D eigenvalue weighted by molar-refractivity contribution is 0.0951. The monoisotopic (exact) mass is 414 g/mol. The highest BCUT2D eigenvalue weighted by Crippen LogP contribution is 2.23. The molecule has 0 saturated carbocycles. The molecule has 2 heterocycles. The second kappa shape index (κ2) is 8.71. The summed E-state index contributed by atoms with van der Waals surface area (Å²) >= 11 is 0. The largest absolute Gasteiger partial charge is 0.497 e. The third-order valence-corrected chi connectivity index (χ3v) is 4.94. The molecule has 31 heavy (non-hydrogen) atoms. The highest BCUT2D eigenvalue weighted by molar-refractivity contribution is 6.08. The van der Waals surface area contributed by atoms with Crippen LogP contribution in [0.1, 0.15) is 26.3 Å². The van der Waals surface area contributed by atoms with Crippen molar-refractivity contribution in [2.45, 2.75) is 6.54 Å². The maximum absolute atomic E-state index is 12.9. The van der Waals surface area contributed by atoms with E-state index in [-0.39, 0.29) is 11.8 Å². The molecule has 0 radical (unpaired) electrons. The van der Waals surface area contributed by atoms with Gasteiger partial charge in [-0.2, -0.15) is 0 Å². The molecule has 7 heteroatoms. The lowest BCUT2D eigenvalue weighted by Crippen LogP contribution is -2.22. The molecule has 0 aliphatic heterocycles. The number of methoxy groups -OCH3 is 1. The SMILES string of the molecule is COc1cccc(CNC(=O)c2cn(C)c3ncc(NC(=O)c4ccccc4)cc23)c1. The van der Waals surface area contributed by atoms with Gasteiger partial charge in [0.25, 0.3) is 11.8 Å². The van der Waals surface area contributed by atoms with Gasteiger partial charge in [0.1, 0.15) is 11.4 Å². The van der Waals surface area contributed by atoms with E-state index in [1.54, 1.807) is 54.4 Å². The first kappa shape index (κ1) is 20.2. The second-order valence-corrected chi connectivity index (χ2v) is 7.10. The summed E-state index contributed by atoms with van der Waals surface area (Å²) in [6.07, 6.45) is 3.32. The summed E-state index contributed by atoms with van der Waals surface area (Å²) in [5, 5.41) is 6.44. The van der Waals surface area contributed by atoms with Gasteiger partial charge in [0.15, 0.2) is 0 Å². The van der Waals surface area contributed by atoms with Crippen LogP contribution in [0.25, 0.3) is 11.0 Å². The molecule has 0 aliphatic carbocycles. The van der Waals surface area contributed by atoms with Crippen LogP contribution in [0, 0.1) is 0 Å². The molecular formula is C24H22N4O3. The van der Waals surface area contributed by atoms with E-state index in [4.69, 9.17) is 4.74 Å². The molecule has 2 N–H and O–H groups in total. The van der Waals surface area contributed by atoms with E-state index in [1.165, 1.54) is 0 Å². The number of anilines is 1. The average molecular weight is 414 g/mol. The third kappa shape index (κ3) is 4.40. The summed E-state index contributed by atoms with van der Waals surface area (Å²) in [7, 11) is 3.44. The number of amides is 2. The zero-order valence-corrected chi connectivity index (χ0v) is 17.3. The molecule has 2 aromatic heterocycles. The van der Waals surface area contributed by atoms with Gasteiger partial charge in [-0.15, -0.1) is 0 Å². The fourth-order valence-electron chi connectivity index (χ4n) is 3.36. The van der Waals surface area contributed by atoms with E-state index >= 15 is 0 Å². The number of carbonyl (C=O) groups excluding carboxylic acids is 2. The molecule has 0 unspecified atom stereocenters. The zero-order chi connectivity index (χ0) is 21.8. The lowest BCUT2D eigenvalue weighted by atomic mass is 10.1. The first-order valence-electron chi connectivity index (χ1n) is 9.78. The van der Waals surface area contributed by atoms with Gasteiger partial charge < -0.3 is 19.9 Å². The Hall–Kier alpha value is -4.13. The number of nitrogens with one attached hydrogen (secondary N) is 2. The van der Waals surface area contributed by atoms with Gasteiger partial charge in [0.05, 0.1) is 24.6 Å². The summed E-state index contributed by atoms with van der Waals surface area (Å²) in [4.78, 5) is 29.8. The summed E-state index contributed by atoms with van der Waals surface area (Å²) in [6.45, 7) is 0.365. The van der Waals surface area contributed by atoms with Crippen molar-refractivity contribution in [3.63, 3.8) is 0 Å². The minimum atomic E-state index is -0.235. The number of ether oxygens (including phenoxy) is 1. The van der Waals surface area contributed by atoms with Gasteiger partial charge in [-0.1, -0.05) is 30.3 Å². The molecule has 0 saturated heterocycles. The number of aromatic nitrogens is 2. The Kier molecular flexibility index (Phi) is 5.66. The van der Waals surface area contributed by atoms with Crippen LogP contribution in [0.5, 0.6) is 5.75 Å². The Labute approximate surface area is 179 Å². The first-order valence-corrected chi connectivity index (χ1v) is 9.78. The first-order chi connectivity index (χ1) is 15.0. The van der Waals surface area contributed by atoms with Gasteiger partial charge in [0.2, 0.25) is 0 Å². The van der Waals surface area contributed by atoms with Crippen molar-refractivity contribution in [3.8, 4) is 5.75 Å². The van der Waals surface area contributed by atoms with Gasteiger partial charge in [-0.3, -0.25) is 9.59 Å². The van der Waals surface area contributed by atoms with Gasteiger partial charge in [0, 0.05) is 30.7 Å². The Morgan fingerprint density at radius 1 is 1.03 bits per heavy atom. The number of hydrogen-bond acceptors (Lipinski definition) is 4. The van der Waals surface area contributed by atoms with Crippen molar-refractivity contribution in [1.29, 1.82) is 0 Å². The van der Waals surface area contributed by atoms with Crippen molar-refractivity contribution >= 4 is 28.5 Å². The molecule has 0 aliphatic rings. The maximum atomic E-state index is 12.9. The van der Waals surface area contributed by atoms with Crippen molar-refractivity contribution < 1.29 is 14.3 Å². The average Bonchev–Trinajstić information content (AvgIpc) is 3.14.